The largest absolute Gasteiger partial charge is 0.341 e. The second kappa shape index (κ2) is 6.01. The van der Waals surface area contributed by atoms with Gasteiger partial charge in [-0.1, -0.05) is 17.4 Å². The highest BCUT2D eigenvalue weighted by Crippen LogP contribution is 2.34. The molecule has 9 heteroatoms. The fourth-order valence-electron chi connectivity index (χ4n) is 1.82. The first-order chi connectivity index (χ1) is 10.2. The van der Waals surface area contributed by atoms with Crippen LogP contribution in [0.15, 0.2) is 23.1 Å². The topological polar surface area (TPSA) is 88.2 Å². The minimum atomic E-state index is -3.61. The van der Waals surface area contributed by atoms with Crippen molar-refractivity contribution in [3.63, 3.8) is 0 Å². The number of amides is 2. The van der Waals surface area contributed by atoms with Crippen molar-refractivity contribution >= 4 is 32.3 Å². The lowest BCUT2D eigenvalue weighted by atomic mass is 10.1. The van der Waals surface area contributed by atoms with Crippen molar-refractivity contribution in [1.29, 1.82) is 0 Å². The lowest BCUT2D eigenvalue weighted by Gasteiger charge is -2.03. The third-order valence-corrected chi connectivity index (χ3v) is 5.09. The Kier molecular flexibility index (Phi) is 4.47. The number of carbonyl (C=O) groups excluding carboxylic acids is 1. The summed E-state index contributed by atoms with van der Waals surface area (Å²) in [4.78, 5) is 15.8. The van der Waals surface area contributed by atoms with E-state index < -0.39 is 21.7 Å². The molecule has 22 heavy (non-hydrogen) atoms. The number of halogens is 1. The first kappa shape index (κ1) is 16.4. The van der Waals surface area contributed by atoms with Gasteiger partial charge in [0.15, 0.2) is 15.0 Å². The Morgan fingerprint density at radius 2 is 2.05 bits per heavy atom. The summed E-state index contributed by atoms with van der Waals surface area (Å²) >= 11 is 1.18. The van der Waals surface area contributed by atoms with E-state index >= 15 is 0 Å². The maximum absolute atomic E-state index is 14.0. The van der Waals surface area contributed by atoms with Crippen LogP contribution < -0.4 is 10.6 Å². The predicted molar refractivity (Wildman–Crippen MR) is 83.4 cm³/mol. The molecule has 1 aromatic carbocycles. The normalized spacial score (nSPS) is 11.3. The van der Waals surface area contributed by atoms with Crippen LogP contribution in [-0.2, 0) is 9.84 Å². The lowest BCUT2D eigenvalue weighted by Crippen LogP contribution is -2.24. The molecule has 0 atom stereocenters. The molecule has 2 N–H and O–H groups in total. The molecule has 2 aromatic rings. The van der Waals surface area contributed by atoms with Crippen LogP contribution in [0.1, 0.15) is 5.69 Å². The molecule has 0 aliphatic carbocycles. The molecule has 0 fully saturated rings. The summed E-state index contributed by atoms with van der Waals surface area (Å²) in [5.74, 6) is -0.811. The molecule has 0 aliphatic heterocycles. The van der Waals surface area contributed by atoms with E-state index in [2.05, 4.69) is 15.6 Å². The van der Waals surface area contributed by atoms with Gasteiger partial charge < -0.3 is 5.32 Å². The van der Waals surface area contributed by atoms with Crippen LogP contribution in [-0.4, -0.2) is 32.7 Å². The van der Waals surface area contributed by atoms with Crippen LogP contribution in [0.3, 0.4) is 0 Å². The van der Waals surface area contributed by atoms with Crippen molar-refractivity contribution in [2.45, 2.75) is 11.8 Å². The Morgan fingerprint density at radius 3 is 2.59 bits per heavy atom. The van der Waals surface area contributed by atoms with Gasteiger partial charge in [0.2, 0.25) is 0 Å². The number of urea groups is 1. The number of aromatic nitrogens is 1. The molecule has 6 nitrogen and oxygen atoms in total. The van der Waals surface area contributed by atoms with E-state index in [0.29, 0.717) is 21.3 Å². The van der Waals surface area contributed by atoms with Crippen molar-refractivity contribution in [1.82, 2.24) is 10.3 Å². The number of hydrogen-bond acceptors (Lipinski definition) is 5. The van der Waals surface area contributed by atoms with Gasteiger partial charge in [-0.3, -0.25) is 5.32 Å². The summed E-state index contributed by atoms with van der Waals surface area (Å²) in [6, 6.07) is 3.49. The van der Waals surface area contributed by atoms with E-state index in [9.17, 15) is 17.6 Å². The highest BCUT2D eigenvalue weighted by Gasteiger charge is 2.17. The van der Waals surface area contributed by atoms with Crippen LogP contribution in [0, 0.1) is 12.7 Å². The Labute approximate surface area is 131 Å². The molecule has 0 unspecified atom stereocenters. The maximum atomic E-state index is 14.0. The summed E-state index contributed by atoms with van der Waals surface area (Å²) in [6.45, 7) is 1.73. The number of nitrogens with zero attached hydrogens (tertiary/aromatic N) is 1. The molecule has 118 valence electrons. The van der Waals surface area contributed by atoms with Crippen molar-refractivity contribution in [3.8, 4) is 10.4 Å². The van der Waals surface area contributed by atoms with Crippen LogP contribution in [0.4, 0.5) is 14.3 Å². The van der Waals surface area contributed by atoms with Crippen molar-refractivity contribution in [2.24, 2.45) is 0 Å². The number of anilines is 1. The first-order valence-corrected chi connectivity index (χ1v) is 8.89. The van der Waals surface area contributed by atoms with Gasteiger partial charge in [-0.15, -0.1) is 0 Å². The molecular weight excluding hydrogens is 329 g/mol. The smallest absolute Gasteiger partial charge is 0.320 e. The Hall–Kier alpha value is -2.00. The third-order valence-electron chi connectivity index (χ3n) is 2.84. The number of thiazole rings is 1. The SMILES string of the molecule is CNC(=O)Nc1nc(C)c(-c2ccc(S(C)(=O)=O)c(F)c2)s1. The lowest BCUT2D eigenvalue weighted by molar-refractivity contribution is 0.254. The van der Waals surface area contributed by atoms with E-state index in [0.717, 1.165) is 12.3 Å². The minimum Gasteiger partial charge on any atom is -0.341 e. The van der Waals surface area contributed by atoms with Gasteiger partial charge in [0.1, 0.15) is 10.7 Å². The average molecular weight is 343 g/mol. The molecule has 0 radical (unpaired) electrons. The average Bonchev–Trinajstić information content (AvgIpc) is 2.77. The fourth-order valence-corrected chi connectivity index (χ4v) is 3.51. The van der Waals surface area contributed by atoms with Gasteiger partial charge in [0.05, 0.1) is 10.6 Å². The molecule has 1 aromatic heterocycles. The van der Waals surface area contributed by atoms with E-state index in [1.165, 1.54) is 30.5 Å². The Bertz CT molecular complexity index is 831. The van der Waals surface area contributed by atoms with Gasteiger partial charge in [-0.25, -0.2) is 22.6 Å². The second-order valence-corrected chi connectivity index (χ2v) is 7.54. The molecule has 0 aliphatic rings. The van der Waals surface area contributed by atoms with Crippen LogP contribution in [0.2, 0.25) is 0 Å². The Morgan fingerprint density at radius 1 is 1.36 bits per heavy atom. The monoisotopic (exact) mass is 343 g/mol. The second-order valence-electron chi connectivity index (χ2n) is 4.56. The number of nitrogens with one attached hydrogen (secondary N) is 2. The van der Waals surface area contributed by atoms with E-state index in [1.807, 2.05) is 0 Å². The van der Waals surface area contributed by atoms with Crippen molar-refractivity contribution in [2.75, 3.05) is 18.6 Å². The third kappa shape index (κ3) is 3.42. The van der Waals surface area contributed by atoms with Gasteiger partial charge in [-0.2, -0.15) is 0 Å². The molecule has 0 spiro atoms. The number of benzene rings is 1. The predicted octanol–water partition coefficient (Wildman–Crippen LogP) is 2.41. The van der Waals surface area contributed by atoms with Gasteiger partial charge in [-0.05, 0) is 24.6 Å². The van der Waals surface area contributed by atoms with Crippen LogP contribution >= 0.6 is 11.3 Å². The molecule has 1 heterocycles. The van der Waals surface area contributed by atoms with E-state index in [1.54, 1.807) is 6.92 Å². The summed E-state index contributed by atoms with van der Waals surface area (Å²) < 4.78 is 36.8. The molecule has 0 saturated carbocycles. The zero-order valence-corrected chi connectivity index (χ0v) is 13.7. The van der Waals surface area contributed by atoms with E-state index in [4.69, 9.17) is 0 Å². The van der Waals surface area contributed by atoms with Gasteiger partial charge in [0, 0.05) is 13.3 Å². The summed E-state index contributed by atoms with van der Waals surface area (Å²) in [5, 5.41) is 5.32. The summed E-state index contributed by atoms with van der Waals surface area (Å²) in [5.41, 5.74) is 1.12. The maximum Gasteiger partial charge on any atom is 0.320 e. The molecule has 2 amide bonds. The first-order valence-electron chi connectivity index (χ1n) is 6.18. The fraction of sp³-hybridized carbons (Fsp3) is 0.231. The van der Waals surface area contributed by atoms with Crippen LogP contribution in [0.25, 0.3) is 10.4 Å². The highest BCUT2D eigenvalue weighted by atomic mass is 32.2. The standard InChI is InChI=1S/C13H14FN3O3S2/c1-7-11(21-13(16-7)17-12(18)15-2)8-4-5-10(9(14)6-8)22(3,19)20/h4-6H,1-3H3,(H2,15,16,17,18). The number of carbonyl (C=O) groups is 1. The summed E-state index contributed by atoms with van der Waals surface area (Å²) in [7, 11) is -2.13. The Balaban J connectivity index is 2.41. The van der Waals surface area contributed by atoms with Crippen molar-refractivity contribution < 1.29 is 17.6 Å². The molecule has 0 saturated heterocycles. The minimum absolute atomic E-state index is 0.345. The molecule has 2 rings (SSSR count). The number of sulfone groups is 1. The van der Waals surface area contributed by atoms with Crippen LogP contribution in [0.5, 0.6) is 0 Å². The van der Waals surface area contributed by atoms with E-state index in [-0.39, 0.29) is 4.90 Å². The molecular formula is C13H14FN3O3S2. The number of aryl methyl sites for hydroxylation is 1. The zero-order chi connectivity index (χ0) is 16.5. The highest BCUT2D eigenvalue weighted by molar-refractivity contribution is 7.90. The quantitative estimate of drug-likeness (QED) is 0.896. The zero-order valence-electron chi connectivity index (χ0n) is 12.1. The number of rotatable bonds is 3. The molecule has 0 bridgehead atoms. The van der Waals surface area contributed by atoms with Gasteiger partial charge in [0.25, 0.3) is 0 Å². The summed E-state index contributed by atoms with van der Waals surface area (Å²) in [6.07, 6.45) is 0.953. The van der Waals surface area contributed by atoms with Gasteiger partial charge >= 0.3 is 6.03 Å². The van der Waals surface area contributed by atoms with Crippen molar-refractivity contribution in [3.05, 3.63) is 29.7 Å². The number of hydrogen-bond donors (Lipinski definition) is 2.